The third-order valence-electron chi connectivity index (χ3n) is 5.88. The molecule has 1 aliphatic carbocycles. The van der Waals surface area contributed by atoms with Crippen LogP contribution in [-0.2, 0) is 11.3 Å². The lowest BCUT2D eigenvalue weighted by Gasteiger charge is -2.53. The molecule has 1 aromatic carbocycles. The zero-order valence-electron chi connectivity index (χ0n) is 14.9. The zero-order chi connectivity index (χ0) is 17.0. The van der Waals surface area contributed by atoms with Crippen LogP contribution in [0.5, 0.6) is 0 Å². The number of amides is 1. The van der Waals surface area contributed by atoms with Crippen molar-refractivity contribution in [1.82, 2.24) is 9.80 Å². The summed E-state index contributed by atoms with van der Waals surface area (Å²) in [6.45, 7) is 6.07. The second-order valence-corrected chi connectivity index (χ2v) is 7.59. The monoisotopic (exact) mass is 329 g/mol. The molecule has 2 N–H and O–H groups in total. The van der Waals surface area contributed by atoms with Crippen LogP contribution in [0.3, 0.4) is 0 Å². The van der Waals surface area contributed by atoms with Gasteiger partial charge in [0.15, 0.2) is 0 Å². The zero-order valence-corrected chi connectivity index (χ0v) is 14.9. The maximum absolute atomic E-state index is 12.6. The van der Waals surface area contributed by atoms with Crippen molar-refractivity contribution in [2.24, 2.45) is 11.7 Å². The van der Waals surface area contributed by atoms with Crippen LogP contribution in [0.4, 0.5) is 0 Å². The minimum atomic E-state index is -0.0636. The second kappa shape index (κ2) is 7.66. The highest BCUT2D eigenvalue weighted by molar-refractivity contribution is 5.79. The number of nitrogens with two attached hydrogens (primary N) is 1. The highest BCUT2D eigenvalue weighted by Gasteiger charge is 2.43. The van der Waals surface area contributed by atoms with Gasteiger partial charge in [-0.15, -0.1) is 0 Å². The van der Waals surface area contributed by atoms with Crippen molar-refractivity contribution < 1.29 is 4.79 Å². The molecule has 1 heterocycles. The summed E-state index contributed by atoms with van der Waals surface area (Å²) in [6, 6.07) is 10.7. The van der Waals surface area contributed by atoms with E-state index in [9.17, 15) is 4.79 Å². The van der Waals surface area contributed by atoms with Crippen LogP contribution in [0, 0.1) is 5.92 Å². The van der Waals surface area contributed by atoms with Crippen LogP contribution in [0.15, 0.2) is 30.3 Å². The molecule has 1 aromatic rings. The van der Waals surface area contributed by atoms with Crippen molar-refractivity contribution in [2.75, 3.05) is 26.2 Å². The molecule has 1 atom stereocenters. The molecule has 1 saturated heterocycles. The van der Waals surface area contributed by atoms with Gasteiger partial charge in [-0.3, -0.25) is 9.69 Å². The Morgan fingerprint density at radius 1 is 1.17 bits per heavy atom. The molecule has 24 heavy (non-hydrogen) atoms. The Balaban J connectivity index is 1.76. The van der Waals surface area contributed by atoms with E-state index in [0.717, 1.165) is 26.2 Å². The summed E-state index contributed by atoms with van der Waals surface area (Å²) in [7, 11) is 0. The highest BCUT2D eigenvalue weighted by Crippen LogP contribution is 2.37. The van der Waals surface area contributed by atoms with Gasteiger partial charge < -0.3 is 10.6 Å². The van der Waals surface area contributed by atoms with Gasteiger partial charge in [-0.05, 0) is 18.4 Å². The van der Waals surface area contributed by atoms with Crippen LogP contribution < -0.4 is 5.73 Å². The molecule has 0 bridgehead atoms. The number of carbonyl (C=O) groups is 1. The third kappa shape index (κ3) is 3.65. The van der Waals surface area contributed by atoms with E-state index in [1.54, 1.807) is 0 Å². The summed E-state index contributed by atoms with van der Waals surface area (Å²) >= 11 is 0. The van der Waals surface area contributed by atoms with Crippen molar-refractivity contribution in [3.05, 3.63) is 35.9 Å². The van der Waals surface area contributed by atoms with Crippen LogP contribution in [0.25, 0.3) is 0 Å². The Morgan fingerprint density at radius 3 is 2.54 bits per heavy atom. The van der Waals surface area contributed by atoms with Crippen LogP contribution >= 0.6 is 0 Å². The number of piperazine rings is 1. The van der Waals surface area contributed by atoms with E-state index < -0.39 is 0 Å². The predicted molar refractivity (Wildman–Crippen MR) is 97.5 cm³/mol. The SMILES string of the molecule is CC(CN)C(=O)N1CCN(Cc2ccccc2)C2(CCCCC2)C1. The lowest BCUT2D eigenvalue weighted by Crippen LogP contribution is -2.64. The van der Waals surface area contributed by atoms with Gasteiger partial charge in [-0.1, -0.05) is 56.5 Å². The van der Waals surface area contributed by atoms with Gasteiger partial charge in [0.05, 0.1) is 0 Å². The molecular weight excluding hydrogens is 298 g/mol. The molecule has 132 valence electrons. The summed E-state index contributed by atoms with van der Waals surface area (Å²) in [4.78, 5) is 17.4. The molecule has 0 radical (unpaired) electrons. The number of rotatable bonds is 4. The van der Waals surface area contributed by atoms with Crippen LogP contribution in [0.1, 0.15) is 44.6 Å². The fraction of sp³-hybridized carbons (Fsp3) is 0.650. The Labute approximate surface area is 146 Å². The number of nitrogens with zero attached hydrogens (tertiary/aromatic N) is 2. The maximum atomic E-state index is 12.6. The lowest BCUT2D eigenvalue weighted by atomic mass is 9.78. The summed E-state index contributed by atoms with van der Waals surface area (Å²) in [6.07, 6.45) is 6.30. The van der Waals surface area contributed by atoms with Gasteiger partial charge in [0.2, 0.25) is 5.91 Å². The number of hydrogen-bond donors (Lipinski definition) is 1. The fourth-order valence-electron chi connectivity index (χ4n) is 4.35. The lowest BCUT2D eigenvalue weighted by molar-refractivity contribution is -0.142. The van der Waals surface area contributed by atoms with Gasteiger partial charge >= 0.3 is 0 Å². The van der Waals surface area contributed by atoms with Gasteiger partial charge in [-0.2, -0.15) is 0 Å². The molecule has 1 aliphatic heterocycles. The topological polar surface area (TPSA) is 49.6 Å². The summed E-state index contributed by atoms with van der Waals surface area (Å²) < 4.78 is 0. The normalized spacial score (nSPS) is 22.5. The number of carbonyl (C=O) groups excluding carboxylic acids is 1. The third-order valence-corrected chi connectivity index (χ3v) is 5.88. The van der Waals surface area contributed by atoms with Crippen LogP contribution in [0.2, 0.25) is 0 Å². The maximum Gasteiger partial charge on any atom is 0.226 e. The van der Waals surface area contributed by atoms with Gasteiger partial charge in [0.25, 0.3) is 0 Å². The molecule has 1 spiro atoms. The second-order valence-electron chi connectivity index (χ2n) is 7.59. The van der Waals surface area contributed by atoms with E-state index in [1.807, 2.05) is 6.92 Å². The van der Waals surface area contributed by atoms with Gasteiger partial charge in [0, 0.05) is 44.2 Å². The van der Waals surface area contributed by atoms with E-state index in [1.165, 1.54) is 37.7 Å². The van der Waals surface area contributed by atoms with Gasteiger partial charge in [-0.25, -0.2) is 0 Å². The molecule has 4 nitrogen and oxygen atoms in total. The predicted octanol–water partition coefficient (Wildman–Crippen LogP) is 2.63. The fourth-order valence-corrected chi connectivity index (χ4v) is 4.35. The number of hydrogen-bond acceptors (Lipinski definition) is 3. The molecule has 4 heteroatoms. The Kier molecular flexibility index (Phi) is 5.57. The van der Waals surface area contributed by atoms with E-state index in [4.69, 9.17) is 5.73 Å². The summed E-state index contributed by atoms with van der Waals surface area (Å²) in [5, 5.41) is 0. The van der Waals surface area contributed by atoms with Crippen molar-refractivity contribution in [1.29, 1.82) is 0 Å². The van der Waals surface area contributed by atoms with Crippen molar-refractivity contribution >= 4 is 5.91 Å². The molecule has 1 unspecified atom stereocenters. The van der Waals surface area contributed by atoms with Crippen molar-refractivity contribution in [2.45, 2.75) is 51.1 Å². The van der Waals surface area contributed by atoms with Gasteiger partial charge in [0.1, 0.15) is 0 Å². The minimum absolute atomic E-state index is 0.0636. The average Bonchev–Trinajstić information content (AvgIpc) is 2.64. The van der Waals surface area contributed by atoms with Crippen molar-refractivity contribution in [3.8, 4) is 0 Å². The highest BCUT2D eigenvalue weighted by atomic mass is 16.2. The van der Waals surface area contributed by atoms with Crippen molar-refractivity contribution in [3.63, 3.8) is 0 Å². The van der Waals surface area contributed by atoms with Crippen LogP contribution in [-0.4, -0.2) is 47.4 Å². The molecule has 2 aliphatic rings. The first-order valence-corrected chi connectivity index (χ1v) is 9.42. The standard InChI is InChI=1S/C20H31N3O/c1-17(14-21)19(24)22-12-13-23(15-18-8-4-2-5-9-18)20(16-22)10-6-3-7-11-20/h2,4-5,8-9,17H,3,6-7,10-16,21H2,1H3. The molecule has 2 fully saturated rings. The molecule has 1 amide bonds. The smallest absolute Gasteiger partial charge is 0.226 e. The number of benzene rings is 1. The van der Waals surface area contributed by atoms with E-state index in [2.05, 4.69) is 40.1 Å². The Bertz CT molecular complexity index is 539. The summed E-state index contributed by atoms with van der Waals surface area (Å²) in [5.74, 6) is 0.174. The first-order chi connectivity index (χ1) is 11.6. The summed E-state index contributed by atoms with van der Waals surface area (Å²) in [5.41, 5.74) is 7.26. The average molecular weight is 329 g/mol. The first-order valence-electron chi connectivity index (χ1n) is 9.42. The molecule has 0 aromatic heterocycles. The Hall–Kier alpha value is -1.39. The molecule has 1 saturated carbocycles. The first kappa shape index (κ1) is 17.4. The molecule has 3 rings (SSSR count). The van der Waals surface area contributed by atoms with E-state index in [-0.39, 0.29) is 17.4 Å². The Morgan fingerprint density at radius 2 is 1.88 bits per heavy atom. The quantitative estimate of drug-likeness (QED) is 0.924. The van der Waals surface area contributed by atoms with E-state index >= 15 is 0 Å². The molecular formula is C20H31N3O. The van der Waals surface area contributed by atoms with E-state index in [0.29, 0.717) is 6.54 Å². The largest absolute Gasteiger partial charge is 0.339 e. The minimum Gasteiger partial charge on any atom is -0.339 e.